The normalized spacial score (nSPS) is 19.2. The Bertz CT molecular complexity index is 371. The lowest BCUT2D eigenvalue weighted by Crippen LogP contribution is -2.09. The van der Waals surface area contributed by atoms with Crippen LogP contribution in [0.2, 0.25) is 0 Å². The summed E-state index contributed by atoms with van der Waals surface area (Å²) in [5, 5.41) is 9.86. The zero-order chi connectivity index (χ0) is 12.3. The van der Waals surface area contributed by atoms with E-state index >= 15 is 0 Å². The fourth-order valence-electron chi connectivity index (χ4n) is 2.27. The van der Waals surface area contributed by atoms with Crippen LogP contribution in [0.5, 0.6) is 5.75 Å². The SMILES string of the molecule is CC(C)CCOc1ccc2c(c1)CCCC2O. The molecule has 0 saturated heterocycles. The molecule has 1 aliphatic carbocycles. The highest BCUT2D eigenvalue weighted by Gasteiger charge is 2.17. The van der Waals surface area contributed by atoms with Crippen LogP contribution >= 0.6 is 0 Å². The summed E-state index contributed by atoms with van der Waals surface area (Å²) in [6.07, 6.45) is 3.83. The van der Waals surface area contributed by atoms with Crippen molar-refractivity contribution in [3.05, 3.63) is 29.3 Å². The van der Waals surface area contributed by atoms with E-state index in [1.54, 1.807) is 0 Å². The van der Waals surface area contributed by atoms with Crippen LogP contribution in [0.15, 0.2) is 18.2 Å². The summed E-state index contributed by atoms with van der Waals surface area (Å²) >= 11 is 0. The van der Waals surface area contributed by atoms with Crippen molar-refractivity contribution >= 4 is 0 Å². The molecule has 2 rings (SSSR count). The lowest BCUT2D eigenvalue weighted by Gasteiger charge is -2.22. The highest BCUT2D eigenvalue weighted by molar-refractivity contribution is 5.38. The van der Waals surface area contributed by atoms with Gasteiger partial charge in [0.25, 0.3) is 0 Å². The van der Waals surface area contributed by atoms with E-state index in [1.165, 1.54) is 5.56 Å². The molecule has 1 unspecified atom stereocenters. The molecule has 0 aromatic heterocycles. The van der Waals surface area contributed by atoms with Crippen molar-refractivity contribution in [3.63, 3.8) is 0 Å². The molecular formula is C15H22O2. The summed E-state index contributed by atoms with van der Waals surface area (Å²) in [5.74, 6) is 1.62. The number of aliphatic hydroxyl groups is 1. The zero-order valence-corrected chi connectivity index (χ0v) is 10.8. The number of hydrogen-bond acceptors (Lipinski definition) is 2. The molecular weight excluding hydrogens is 212 g/mol. The average Bonchev–Trinajstić information content (AvgIpc) is 2.29. The van der Waals surface area contributed by atoms with Crippen LogP contribution < -0.4 is 4.74 Å². The van der Waals surface area contributed by atoms with E-state index in [2.05, 4.69) is 19.9 Å². The van der Waals surface area contributed by atoms with Gasteiger partial charge in [0, 0.05) is 0 Å². The van der Waals surface area contributed by atoms with Gasteiger partial charge in [0.05, 0.1) is 12.7 Å². The Morgan fingerprint density at radius 2 is 2.24 bits per heavy atom. The largest absolute Gasteiger partial charge is 0.494 e. The van der Waals surface area contributed by atoms with Gasteiger partial charge in [-0.05, 0) is 54.9 Å². The van der Waals surface area contributed by atoms with Crippen molar-refractivity contribution in [3.8, 4) is 5.75 Å². The summed E-state index contributed by atoms with van der Waals surface area (Å²) < 4.78 is 5.74. The summed E-state index contributed by atoms with van der Waals surface area (Å²) in [6.45, 7) is 5.18. The third-order valence-electron chi connectivity index (χ3n) is 3.36. The molecule has 0 saturated carbocycles. The Labute approximate surface area is 104 Å². The summed E-state index contributed by atoms with van der Waals surface area (Å²) in [4.78, 5) is 0. The van der Waals surface area contributed by atoms with Crippen molar-refractivity contribution in [2.75, 3.05) is 6.61 Å². The Kier molecular flexibility index (Phi) is 4.06. The molecule has 0 radical (unpaired) electrons. The third kappa shape index (κ3) is 3.22. The summed E-state index contributed by atoms with van der Waals surface area (Å²) in [6, 6.07) is 6.09. The topological polar surface area (TPSA) is 29.5 Å². The Morgan fingerprint density at radius 1 is 1.41 bits per heavy atom. The minimum atomic E-state index is -0.275. The van der Waals surface area contributed by atoms with Crippen LogP contribution in [0.4, 0.5) is 0 Å². The van der Waals surface area contributed by atoms with Crippen LogP contribution in [0.25, 0.3) is 0 Å². The first-order chi connectivity index (χ1) is 8.16. The van der Waals surface area contributed by atoms with Gasteiger partial charge < -0.3 is 9.84 Å². The first-order valence-corrected chi connectivity index (χ1v) is 6.60. The van der Waals surface area contributed by atoms with E-state index in [0.717, 1.165) is 43.6 Å². The van der Waals surface area contributed by atoms with Crippen molar-refractivity contribution < 1.29 is 9.84 Å². The van der Waals surface area contributed by atoms with Gasteiger partial charge in [-0.25, -0.2) is 0 Å². The number of hydrogen-bond donors (Lipinski definition) is 1. The van der Waals surface area contributed by atoms with Crippen LogP contribution in [-0.4, -0.2) is 11.7 Å². The molecule has 2 heteroatoms. The maximum atomic E-state index is 9.86. The van der Waals surface area contributed by atoms with Crippen LogP contribution in [-0.2, 0) is 6.42 Å². The van der Waals surface area contributed by atoms with Gasteiger partial charge in [0.2, 0.25) is 0 Å². The Balaban J connectivity index is 2.01. The Morgan fingerprint density at radius 3 is 3.00 bits per heavy atom. The predicted molar refractivity (Wildman–Crippen MR) is 69.3 cm³/mol. The Hall–Kier alpha value is -1.02. The lowest BCUT2D eigenvalue weighted by atomic mass is 9.89. The molecule has 0 bridgehead atoms. The van der Waals surface area contributed by atoms with Crippen molar-refractivity contribution in [2.45, 2.75) is 45.6 Å². The lowest BCUT2D eigenvalue weighted by molar-refractivity contribution is 0.156. The van der Waals surface area contributed by atoms with Gasteiger partial charge >= 0.3 is 0 Å². The number of benzene rings is 1. The molecule has 1 N–H and O–H groups in total. The molecule has 0 fully saturated rings. The fraction of sp³-hybridized carbons (Fsp3) is 0.600. The second-order valence-corrected chi connectivity index (χ2v) is 5.30. The molecule has 0 amide bonds. The van der Waals surface area contributed by atoms with Crippen LogP contribution in [0.1, 0.15) is 50.3 Å². The van der Waals surface area contributed by atoms with Crippen LogP contribution in [0.3, 0.4) is 0 Å². The quantitative estimate of drug-likeness (QED) is 0.864. The van der Waals surface area contributed by atoms with Gasteiger partial charge in [-0.1, -0.05) is 19.9 Å². The monoisotopic (exact) mass is 234 g/mol. The zero-order valence-electron chi connectivity index (χ0n) is 10.8. The van der Waals surface area contributed by atoms with Gasteiger partial charge in [-0.3, -0.25) is 0 Å². The maximum Gasteiger partial charge on any atom is 0.119 e. The molecule has 0 heterocycles. The molecule has 17 heavy (non-hydrogen) atoms. The van der Waals surface area contributed by atoms with Gasteiger partial charge in [0.1, 0.15) is 5.75 Å². The molecule has 1 atom stereocenters. The van der Waals surface area contributed by atoms with Crippen molar-refractivity contribution in [2.24, 2.45) is 5.92 Å². The number of ether oxygens (including phenoxy) is 1. The van der Waals surface area contributed by atoms with E-state index in [4.69, 9.17) is 4.74 Å². The smallest absolute Gasteiger partial charge is 0.119 e. The van der Waals surface area contributed by atoms with Crippen molar-refractivity contribution in [1.82, 2.24) is 0 Å². The summed E-state index contributed by atoms with van der Waals surface area (Å²) in [7, 11) is 0. The third-order valence-corrected chi connectivity index (χ3v) is 3.36. The first kappa shape index (κ1) is 12.4. The molecule has 2 nitrogen and oxygen atoms in total. The number of aryl methyl sites for hydroxylation is 1. The van der Waals surface area contributed by atoms with E-state index < -0.39 is 0 Å². The highest BCUT2D eigenvalue weighted by atomic mass is 16.5. The highest BCUT2D eigenvalue weighted by Crippen LogP contribution is 2.31. The first-order valence-electron chi connectivity index (χ1n) is 6.60. The molecule has 0 spiro atoms. The molecule has 1 aromatic carbocycles. The van der Waals surface area contributed by atoms with E-state index in [0.29, 0.717) is 5.92 Å². The van der Waals surface area contributed by atoms with E-state index in [-0.39, 0.29) is 6.10 Å². The van der Waals surface area contributed by atoms with Crippen molar-refractivity contribution in [1.29, 1.82) is 0 Å². The predicted octanol–water partition coefficient (Wildman–Crippen LogP) is 3.48. The average molecular weight is 234 g/mol. The maximum absolute atomic E-state index is 9.86. The molecule has 0 aliphatic heterocycles. The van der Waals surface area contributed by atoms with Gasteiger partial charge in [-0.15, -0.1) is 0 Å². The minimum absolute atomic E-state index is 0.275. The fourth-order valence-corrected chi connectivity index (χ4v) is 2.27. The summed E-state index contributed by atoms with van der Waals surface area (Å²) in [5.41, 5.74) is 2.35. The molecule has 1 aromatic rings. The second-order valence-electron chi connectivity index (χ2n) is 5.30. The van der Waals surface area contributed by atoms with E-state index in [9.17, 15) is 5.11 Å². The standard InChI is InChI=1S/C15H22O2/c1-11(2)8-9-17-13-6-7-14-12(10-13)4-3-5-15(14)16/h6-7,10-11,15-16H,3-5,8-9H2,1-2H3. The minimum Gasteiger partial charge on any atom is -0.494 e. The van der Waals surface area contributed by atoms with Gasteiger partial charge in [-0.2, -0.15) is 0 Å². The number of fused-ring (bicyclic) bond motifs is 1. The second kappa shape index (κ2) is 5.54. The van der Waals surface area contributed by atoms with Crippen LogP contribution in [0, 0.1) is 5.92 Å². The van der Waals surface area contributed by atoms with Gasteiger partial charge in [0.15, 0.2) is 0 Å². The molecule has 1 aliphatic rings. The van der Waals surface area contributed by atoms with E-state index in [1.807, 2.05) is 12.1 Å². The number of rotatable bonds is 4. The molecule has 94 valence electrons. The number of aliphatic hydroxyl groups excluding tert-OH is 1.